The molecule has 1 rings (SSSR count). The third-order valence-corrected chi connectivity index (χ3v) is 1.64. The number of rotatable bonds is 3. The molecular weight excluding hydrogens is 174 g/mol. The van der Waals surface area contributed by atoms with E-state index in [-0.39, 0.29) is 0 Å². The third kappa shape index (κ3) is 3.11. The van der Waals surface area contributed by atoms with Gasteiger partial charge in [-0.15, -0.1) is 0 Å². The van der Waals surface area contributed by atoms with Crippen LogP contribution in [0.15, 0.2) is 18.2 Å². The molecule has 0 aliphatic heterocycles. The predicted octanol–water partition coefficient (Wildman–Crippen LogP) is 2.29. The van der Waals surface area contributed by atoms with E-state index >= 15 is 0 Å². The van der Waals surface area contributed by atoms with Crippen LogP contribution in [0.4, 0.5) is 8.78 Å². The Morgan fingerprint density at radius 3 is 2.62 bits per heavy atom. The van der Waals surface area contributed by atoms with E-state index < -0.39 is 17.7 Å². The van der Waals surface area contributed by atoms with Gasteiger partial charge in [0.25, 0.3) is 0 Å². The largest absolute Gasteiger partial charge is 0.393 e. The van der Waals surface area contributed by atoms with Gasteiger partial charge in [0.1, 0.15) is 0 Å². The quantitative estimate of drug-likeness (QED) is 0.766. The van der Waals surface area contributed by atoms with Crippen LogP contribution in [0, 0.1) is 18.1 Å². The van der Waals surface area contributed by atoms with Crippen molar-refractivity contribution in [2.75, 3.05) is 0 Å². The zero-order chi connectivity index (χ0) is 9.84. The topological polar surface area (TPSA) is 20.2 Å². The number of halogens is 2. The molecule has 0 heterocycles. The fraction of sp³-hybridized carbons (Fsp3) is 0.300. The Labute approximate surface area is 76.0 Å². The Kier molecular flexibility index (Phi) is 3.37. The lowest BCUT2D eigenvalue weighted by atomic mass is 10.1. The Morgan fingerprint density at radius 2 is 2.08 bits per heavy atom. The molecule has 1 aromatic rings. The van der Waals surface area contributed by atoms with Gasteiger partial charge in [0, 0.05) is 0 Å². The van der Waals surface area contributed by atoms with Gasteiger partial charge in [0.2, 0.25) is 0 Å². The van der Waals surface area contributed by atoms with Gasteiger partial charge >= 0.3 is 0 Å². The van der Waals surface area contributed by atoms with Crippen LogP contribution in [0.3, 0.4) is 0 Å². The molecular formula is C10H11F2O. The Bertz CT molecular complexity index is 284. The molecule has 0 fully saturated rings. The van der Waals surface area contributed by atoms with Crippen molar-refractivity contribution in [2.24, 2.45) is 0 Å². The Balaban J connectivity index is 2.63. The summed E-state index contributed by atoms with van der Waals surface area (Å²) in [4.78, 5) is 0. The average Bonchev–Trinajstić information content (AvgIpc) is 2.07. The summed E-state index contributed by atoms with van der Waals surface area (Å²) < 4.78 is 25.1. The summed E-state index contributed by atoms with van der Waals surface area (Å²) in [6.07, 6.45) is 1.63. The minimum absolute atomic E-state index is 0.436. The smallest absolute Gasteiger partial charge is 0.159 e. The number of aliphatic hydroxyl groups excluding tert-OH is 1. The summed E-state index contributed by atoms with van der Waals surface area (Å²) in [7, 11) is 0. The molecule has 1 nitrogen and oxygen atoms in total. The van der Waals surface area contributed by atoms with Crippen LogP contribution >= 0.6 is 0 Å². The molecule has 0 spiro atoms. The summed E-state index contributed by atoms with van der Waals surface area (Å²) in [5, 5.41) is 8.94. The molecule has 13 heavy (non-hydrogen) atoms. The van der Waals surface area contributed by atoms with E-state index in [0.29, 0.717) is 12.0 Å². The monoisotopic (exact) mass is 185 g/mol. The summed E-state index contributed by atoms with van der Waals surface area (Å²) >= 11 is 0. The molecule has 0 saturated heterocycles. The zero-order valence-electron chi connectivity index (χ0n) is 7.30. The molecule has 1 radical (unpaired) electrons. The van der Waals surface area contributed by atoms with E-state index in [0.717, 1.165) is 12.1 Å². The molecule has 0 aromatic heterocycles. The molecule has 1 N–H and O–H groups in total. The standard InChI is InChI=1S/C10H11F2O/c1-7(13)2-3-8-4-5-9(11)10(12)6-8/h3-7,13H,2H2,1H3. The fourth-order valence-electron chi connectivity index (χ4n) is 0.946. The van der Waals surface area contributed by atoms with E-state index in [2.05, 4.69) is 0 Å². The molecule has 1 unspecified atom stereocenters. The van der Waals surface area contributed by atoms with Crippen molar-refractivity contribution in [1.29, 1.82) is 0 Å². The number of hydrogen-bond donors (Lipinski definition) is 1. The molecule has 1 atom stereocenters. The number of benzene rings is 1. The first kappa shape index (κ1) is 10.1. The Morgan fingerprint density at radius 1 is 1.38 bits per heavy atom. The second kappa shape index (κ2) is 4.33. The minimum atomic E-state index is -0.862. The average molecular weight is 185 g/mol. The molecule has 3 heteroatoms. The molecule has 0 aliphatic carbocycles. The second-order valence-corrected chi connectivity index (χ2v) is 2.96. The van der Waals surface area contributed by atoms with Crippen LogP contribution in [0.5, 0.6) is 0 Å². The van der Waals surface area contributed by atoms with Gasteiger partial charge < -0.3 is 5.11 Å². The summed E-state index contributed by atoms with van der Waals surface area (Å²) in [6, 6.07) is 3.65. The SMILES string of the molecule is CC(O)C[CH]c1ccc(F)c(F)c1. The van der Waals surface area contributed by atoms with Gasteiger partial charge in [0.05, 0.1) is 6.10 Å². The van der Waals surface area contributed by atoms with Crippen LogP contribution in [0.25, 0.3) is 0 Å². The van der Waals surface area contributed by atoms with Crippen LogP contribution in [-0.2, 0) is 0 Å². The van der Waals surface area contributed by atoms with E-state index in [1.165, 1.54) is 6.07 Å². The van der Waals surface area contributed by atoms with Gasteiger partial charge in [-0.2, -0.15) is 0 Å². The maximum Gasteiger partial charge on any atom is 0.159 e. The maximum atomic E-state index is 12.6. The molecule has 0 bridgehead atoms. The number of hydrogen-bond acceptors (Lipinski definition) is 1. The van der Waals surface area contributed by atoms with Crippen molar-refractivity contribution >= 4 is 0 Å². The molecule has 0 aliphatic rings. The summed E-state index contributed by atoms with van der Waals surface area (Å²) in [6.45, 7) is 1.64. The van der Waals surface area contributed by atoms with Crippen LogP contribution in [0.1, 0.15) is 18.9 Å². The fourth-order valence-corrected chi connectivity index (χ4v) is 0.946. The van der Waals surface area contributed by atoms with Gasteiger partial charge in [-0.25, -0.2) is 8.78 Å². The first-order chi connectivity index (χ1) is 6.09. The highest BCUT2D eigenvalue weighted by atomic mass is 19.2. The highest BCUT2D eigenvalue weighted by Crippen LogP contribution is 2.12. The van der Waals surface area contributed by atoms with Gasteiger partial charge in [-0.1, -0.05) is 6.07 Å². The van der Waals surface area contributed by atoms with E-state index in [1.807, 2.05) is 0 Å². The summed E-state index contributed by atoms with van der Waals surface area (Å²) in [5.74, 6) is -1.71. The normalized spacial score (nSPS) is 12.9. The van der Waals surface area contributed by atoms with Crippen LogP contribution < -0.4 is 0 Å². The maximum absolute atomic E-state index is 12.6. The number of aliphatic hydroxyl groups is 1. The first-order valence-corrected chi connectivity index (χ1v) is 4.06. The van der Waals surface area contributed by atoms with Crippen molar-refractivity contribution in [3.05, 3.63) is 41.8 Å². The van der Waals surface area contributed by atoms with Gasteiger partial charge in [-0.3, -0.25) is 0 Å². The summed E-state index contributed by atoms with van der Waals surface area (Å²) in [5.41, 5.74) is 0.583. The van der Waals surface area contributed by atoms with Crippen molar-refractivity contribution in [3.63, 3.8) is 0 Å². The third-order valence-electron chi connectivity index (χ3n) is 1.64. The lowest BCUT2D eigenvalue weighted by molar-refractivity contribution is 0.195. The zero-order valence-corrected chi connectivity index (χ0v) is 7.30. The lowest BCUT2D eigenvalue weighted by Gasteiger charge is -2.03. The van der Waals surface area contributed by atoms with Crippen LogP contribution in [-0.4, -0.2) is 11.2 Å². The minimum Gasteiger partial charge on any atom is -0.393 e. The van der Waals surface area contributed by atoms with Gasteiger partial charge in [-0.05, 0) is 37.5 Å². The molecule has 0 saturated carbocycles. The second-order valence-electron chi connectivity index (χ2n) is 2.96. The molecule has 1 aromatic carbocycles. The van der Waals surface area contributed by atoms with Gasteiger partial charge in [0.15, 0.2) is 11.6 Å². The first-order valence-electron chi connectivity index (χ1n) is 4.06. The highest BCUT2D eigenvalue weighted by molar-refractivity contribution is 5.24. The van der Waals surface area contributed by atoms with E-state index in [9.17, 15) is 8.78 Å². The highest BCUT2D eigenvalue weighted by Gasteiger charge is 2.03. The van der Waals surface area contributed by atoms with E-state index in [4.69, 9.17) is 5.11 Å². The van der Waals surface area contributed by atoms with E-state index in [1.54, 1.807) is 13.3 Å². The Hall–Kier alpha value is -0.960. The van der Waals surface area contributed by atoms with Crippen molar-refractivity contribution in [1.82, 2.24) is 0 Å². The van der Waals surface area contributed by atoms with Crippen molar-refractivity contribution in [2.45, 2.75) is 19.4 Å². The van der Waals surface area contributed by atoms with Crippen LogP contribution in [0.2, 0.25) is 0 Å². The van der Waals surface area contributed by atoms with Crippen molar-refractivity contribution < 1.29 is 13.9 Å². The molecule has 0 amide bonds. The predicted molar refractivity (Wildman–Crippen MR) is 46.1 cm³/mol. The molecule has 71 valence electrons. The van der Waals surface area contributed by atoms with Crippen molar-refractivity contribution in [3.8, 4) is 0 Å². The lowest BCUT2D eigenvalue weighted by Crippen LogP contribution is -2.00.